The van der Waals surface area contributed by atoms with E-state index < -0.39 is 10.0 Å². The van der Waals surface area contributed by atoms with E-state index in [2.05, 4.69) is 0 Å². The van der Waals surface area contributed by atoms with Gasteiger partial charge in [0.15, 0.2) is 0 Å². The van der Waals surface area contributed by atoms with Gasteiger partial charge >= 0.3 is 0 Å². The Balaban J connectivity index is 2.46. The zero-order chi connectivity index (χ0) is 9.03. The third-order valence-corrected chi connectivity index (χ3v) is 4.17. The molecular weight excluding hydrogens is 174 g/mol. The molecule has 0 radical (unpaired) electrons. The molecule has 1 aliphatic heterocycles. The molecule has 0 atom stereocenters. The molecule has 1 aliphatic rings. The standard InChI is InChI=1S/C8H17NO2S/c1-2-3-8-12(10,11)9-6-4-5-7-9/h2-8H2,1H3. The lowest BCUT2D eigenvalue weighted by molar-refractivity contribution is 0.475. The molecule has 0 aromatic rings. The Kier molecular flexibility index (Phi) is 3.53. The highest BCUT2D eigenvalue weighted by atomic mass is 32.2. The van der Waals surface area contributed by atoms with Gasteiger partial charge in [-0.3, -0.25) is 0 Å². The van der Waals surface area contributed by atoms with E-state index in [1.807, 2.05) is 6.92 Å². The Morgan fingerprint density at radius 1 is 1.25 bits per heavy atom. The van der Waals surface area contributed by atoms with Crippen molar-refractivity contribution in [2.24, 2.45) is 0 Å². The van der Waals surface area contributed by atoms with Crippen LogP contribution in [0.2, 0.25) is 0 Å². The van der Waals surface area contributed by atoms with Crippen molar-refractivity contribution < 1.29 is 8.42 Å². The highest BCUT2D eigenvalue weighted by Gasteiger charge is 2.23. The maximum atomic E-state index is 11.5. The molecule has 1 saturated heterocycles. The van der Waals surface area contributed by atoms with Crippen LogP contribution in [0.4, 0.5) is 0 Å². The molecule has 0 aliphatic carbocycles. The highest BCUT2D eigenvalue weighted by Crippen LogP contribution is 2.13. The van der Waals surface area contributed by atoms with Crippen molar-refractivity contribution >= 4 is 10.0 Å². The first-order valence-electron chi connectivity index (χ1n) is 4.64. The predicted octanol–water partition coefficient (Wildman–Crippen LogP) is 1.21. The Morgan fingerprint density at radius 2 is 1.83 bits per heavy atom. The summed E-state index contributed by atoms with van der Waals surface area (Å²) in [6.07, 6.45) is 3.81. The Morgan fingerprint density at radius 3 is 2.33 bits per heavy atom. The second kappa shape index (κ2) is 4.23. The summed E-state index contributed by atoms with van der Waals surface area (Å²) < 4.78 is 24.7. The van der Waals surface area contributed by atoms with Crippen molar-refractivity contribution in [1.29, 1.82) is 0 Å². The van der Waals surface area contributed by atoms with Crippen molar-refractivity contribution in [2.75, 3.05) is 18.8 Å². The minimum atomic E-state index is -2.89. The van der Waals surface area contributed by atoms with Crippen LogP contribution in [0.5, 0.6) is 0 Å². The average molecular weight is 191 g/mol. The zero-order valence-corrected chi connectivity index (χ0v) is 8.44. The van der Waals surface area contributed by atoms with Gasteiger partial charge in [0.05, 0.1) is 5.75 Å². The fraction of sp³-hybridized carbons (Fsp3) is 1.00. The van der Waals surface area contributed by atoms with E-state index in [1.165, 1.54) is 0 Å². The molecule has 0 N–H and O–H groups in total. The van der Waals surface area contributed by atoms with Crippen molar-refractivity contribution in [1.82, 2.24) is 4.31 Å². The first-order valence-corrected chi connectivity index (χ1v) is 6.25. The lowest BCUT2D eigenvalue weighted by Gasteiger charge is -2.14. The molecule has 12 heavy (non-hydrogen) atoms. The van der Waals surface area contributed by atoms with Gasteiger partial charge in [-0.25, -0.2) is 12.7 Å². The van der Waals surface area contributed by atoms with Gasteiger partial charge in [0, 0.05) is 13.1 Å². The van der Waals surface area contributed by atoms with Crippen molar-refractivity contribution in [3.63, 3.8) is 0 Å². The number of nitrogens with zero attached hydrogens (tertiary/aromatic N) is 1. The number of hydrogen-bond acceptors (Lipinski definition) is 2. The summed E-state index contributed by atoms with van der Waals surface area (Å²) in [7, 11) is -2.89. The summed E-state index contributed by atoms with van der Waals surface area (Å²) >= 11 is 0. The summed E-state index contributed by atoms with van der Waals surface area (Å²) in [6.45, 7) is 3.50. The molecule has 0 unspecified atom stereocenters. The SMILES string of the molecule is CCCCS(=O)(=O)N1CCCC1. The third kappa shape index (κ3) is 2.45. The first-order chi connectivity index (χ1) is 5.67. The maximum absolute atomic E-state index is 11.5. The van der Waals surface area contributed by atoms with E-state index in [-0.39, 0.29) is 0 Å². The highest BCUT2D eigenvalue weighted by molar-refractivity contribution is 7.89. The normalized spacial score (nSPS) is 20.1. The van der Waals surface area contributed by atoms with E-state index in [0.29, 0.717) is 5.75 Å². The van der Waals surface area contributed by atoms with Crippen LogP contribution in [0.25, 0.3) is 0 Å². The lowest BCUT2D eigenvalue weighted by Crippen LogP contribution is -2.30. The second-order valence-electron chi connectivity index (χ2n) is 3.28. The lowest BCUT2D eigenvalue weighted by atomic mass is 10.4. The molecule has 72 valence electrons. The van der Waals surface area contributed by atoms with E-state index >= 15 is 0 Å². The maximum Gasteiger partial charge on any atom is 0.214 e. The van der Waals surface area contributed by atoms with Gasteiger partial charge in [-0.05, 0) is 19.3 Å². The Hall–Kier alpha value is -0.0900. The Labute approximate surface area is 74.8 Å². The van der Waals surface area contributed by atoms with Gasteiger partial charge < -0.3 is 0 Å². The molecule has 0 saturated carbocycles. The number of rotatable bonds is 4. The molecule has 1 fully saturated rings. The van der Waals surface area contributed by atoms with Gasteiger partial charge in [-0.1, -0.05) is 13.3 Å². The fourth-order valence-corrected chi connectivity index (χ4v) is 3.15. The summed E-state index contributed by atoms with van der Waals surface area (Å²) in [6, 6.07) is 0. The first kappa shape index (κ1) is 9.99. The summed E-state index contributed by atoms with van der Waals surface area (Å²) in [4.78, 5) is 0. The van der Waals surface area contributed by atoms with Crippen LogP contribution in [0.1, 0.15) is 32.6 Å². The third-order valence-electron chi connectivity index (χ3n) is 2.21. The van der Waals surface area contributed by atoms with Crippen LogP contribution in [0.3, 0.4) is 0 Å². The topological polar surface area (TPSA) is 37.4 Å². The molecule has 1 rings (SSSR count). The largest absolute Gasteiger partial charge is 0.214 e. The average Bonchev–Trinajstić information content (AvgIpc) is 2.53. The summed E-state index contributed by atoms with van der Waals surface area (Å²) in [5, 5.41) is 0. The monoisotopic (exact) mass is 191 g/mol. The van der Waals surface area contributed by atoms with Crippen LogP contribution in [-0.2, 0) is 10.0 Å². The molecule has 4 heteroatoms. The van der Waals surface area contributed by atoms with Gasteiger partial charge in [-0.2, -0.15) is 0 Å². The number of sulfonamides is 1. The smallest absolute Gasteiger partial charge is 0.212 e. The summed E-state index contributed by atoms with van der Waals surface area (Å²) in [5.74, 6) is 0.337. The van der Waals surface area contributed by atoms with Crippen molar-refractivity contribution in [3.05, 3.63) is 0 Å². The van der Waals surface area contributed by atoms with Crippen LogP contribution in [0.15, 0.2) is 0 Å². The Bertz CT molecular complexity index is 217. The second-order valence-corrected chi connectivity index (χ2v) is 5.36. The quantitative estimate of drug-likeness (QED) is 0.670. The minimum absolute atomic E-state index is 0.337. The summed E-state index contributed by atoms with van der Waals surface area (Å²) in [5.41, 5.74) is 0. The van der Waals surface area contributed by atoms with Crippen LogP contribution in [0, 0.1) is 0 Å². The van der Waals surface area contributed by atoms with Gasteiger partial charge in [-0.15, -0.1) is 0 Å². The fourth-order valence-electron chi connectivity index (χ4n) is 1.42. The van der Waals surface area contributed by atoms with Crippen LogP contribution >= 0.6 is 0 Å². The van der Waals surface area contributed by atoms with Crippen LogP contribution in [-0.4, -0.2) is 31.6 Å². The zero-order valence-electron chi connectivity index (χ0n) is 7.62. The molecule has 3 nitrogen and oxygen atoms in total. The van der Waals surface area contributed by atoms with E-state index in [1.54, 1.807) is 4.31 Å². The molecule has 0 aromatic heterocycles. The van der Waals surface area contributed by atoms with E-state index in [9.17, 15) is 8.42 Å². The van der Waals surface area contributed by atoms with Crippen LogP contribution < -0.4 is 0 Å². The minimum Gasteiger partial charge on any atom is -0.212 e. The van der Waals surface area contributed by atoms with Gasteiger partial charge in [0.1, 0.15) is 0 Å². The molecule has 0 bridgehead atoms. The molecular formula is C8H17NO2S. The molecule has 0 spiro atoms. The van der Waals surface area contributed by atoms with Crippen molar-refractivity contribution in [2.45, 2.75) is 32.6 Å². The van der Waals surface area contributed by atoms with Gasteiger partial charge in [0.2, 0.25) is 10.0 Å². The van der Waals surface area contributed by atoms with Gasteiger partial charge in [0.25, 0.3) is 0 Å². The van der Waals surface area contributed by atoms with Crippen molar-refractivity contribution in [3.8, 4) is 0 Å². The van der Waals surface area contributed by atoms with E-state index in [0.717, 1.165) is 38.8 Å². The van der Waals surface area contributed by atoms with E-state index in [4.69, 9.17) is 0 Å². The predicted molar refractivity (Wildman–Crippen MR) is 49.5 cm³/mol. The number of unbranched alkanes of at least 4 members (excludes halogenated alkanes) is 1. The number of hydrogen-bond donors (Lipinski definition) is 0. The molecule has 1 heterocycles. The molecule has 0 aromatic carbocycles. The molecule has 0 amide bonds.